The Morgan fingerprint density at radius 1 is 1.41 bits per heavy atom. The summed E-state index contributed by atoms with van der Waals surface area (Å²) in [5.41, 5.74) is 4.40. The number of H-pyrrole nitrogens is 1. The standard InChI is InChI=1S/C14H23N3O5/c15-5-2-1-3-7-21-9-11-10(18)8-13(22-11)17-6-4-12(19)16-14(17)20/h4,6,10-11,13,18H,1-3,5,7-9,15H2,(H,16,19,20)/t10-,11+,13+/m0/s1. The van der Waals surface area contributed by atoms with Crippen LogP contribution >= 0.6 is 0 Å². The minimum absolute atomic E-state index is 0.276. The molecule has 124 valence electrons. The zero-order valence-corrected chi connectivity index (χ0v) is 12.4. The van der Waals surface area contributed by atoms with E-state index in [4.69, 9.17) is 15.2 Å². The number of unbranched alkanes of at least 4 members (excludes halogenated alkanes) is 2. The number of ether oxygens (including phenoxy) is 2. The number of aromatic amines is 1. The number of rotatable bonds is 8. The fraction of sp³-hybridized carbons (Fsp3) is 0.714. The van der Waals surface area contributed by atoms with Gasteiger partial charge in [0.15, 0.2) is 0 Å². The highest BCUT2D eigenvalue weighted by Crippen LogP contribution is 2.27. The number of nitrogens with one attached hydrogen (secondary N) is 1. The predicted molar refractivity (Wildman–Crippen MR) is 79.6 cm³/mol. The van der Waals surface area contributed by atoms with Gasteiger partial charge >= 0.3 is 5.69 Å². The lowest BCUT2D eigenvalue weighted by atomic mass is 10.2. The maximum absolute atomic E-state index is 11.7. The van der Waals surface area contributed by atoms with Crippen LogP contribution < -0.4 is 17.0 Å². The third-order valence-electron chi connectivity index (χ3n) is 3.64. The molecule has 1 aromatic heterocycles. The fourth-order valence-corrected chi connectivity index (χ4v) is 2.41. The molecule has 0 aliphatic carbocycles. The first kappa shape index (κ1) is 16.9. The Morgan fingerprint density at radius 2 is 2.23 bits per heavy atom. The molecule has 1 aromatic rings. The molecule has 0 radical (unpaired) electrons. The van der Waals surface area contributed by atoms with Crippen LogP contribution in [0, 0.1) is 0 Å². The average molecular weight is 313 g/mol. The van der Waals surface area contributed by atoms with Crippen molar-refractivity contribution in [1.29, 1.82) is 0 Å². The van der Waals surface area contributed by atoms with Crippen molar-refractivity contribution >= 4 is 0 Å². The number of aliphatic hydroxyl groups excluding tert-OH is 1. The van der Waals surface area contributed by atoms with Crippen LogP contribution in [0.15, 0.2) is 21.9 Å². The van der Waals surface area contributed by atoms with Gasteiger partial charge in [-0.15, -0.1) is 0 Å². The second kappa shape index (κ2) is 8.23. The topological polar surface area (TPSA) is 120 Å². The van der Waals surface area contributed by atoms with E-state index in [1.54, 1.807) is 0 Å². The normalized spacial score (nSPS) is 24.7. The maximum atomic E-state index is 11.7. The van der Waals surface area contributed by atoms with Crippen LogP contribution in [0.25, 0.3) is 0 Å². The van der Waals surface area contributed by atoms with E-state index in [2.05, 4.69) is 4.98 Å². The molecule has 8 nitrogen and oxygen atoms in total. The third kappa shape index (κ3) is 4.51. The van der Waals surface area contributed by atoms with E-state index in [1.165, 1.54) is 16.8 Å². The molecule has 2 rings (SSSR count). The Hall–Kier alpha value is -1.48. The van der Waals surface area contributed by atoms with E-state index < -0.39 is 29.7 Å². The van der Waals surface area contributed by atoms with Crippen molar-refractivity contribution in [2.45, 2.75) is 44.1 Å². The molecule has 22 heavy (non-hydrogen) atoms. The fourth-order valence-electron chi connectivity index (χ4n) is 2.41. The molecule has 2 heterocycles. The Labute approximate surface area is 127 Å². The Morgan fingerprint density at radius 3 is 2.95 bits per heavy atom. The zero-order valence-electron chi connectivity index (χ0n) is 12.4. The summed E-state index contributed by atoms with van der Waals surface area (Å²) in [6, 6.07) is 1.25. The average Bonchev–Trinajstić information content (AvgIpc) is 2.83. The van der Waals surface area contributed by atoms with Crippen molar-refractivity contribution in [1.82, 2.24) is 9.55 Å². The van der Waals surface area contributed by atoms with Crippen LogP contribution in [-0.2, 0) is 9.47 Å². The second-order valence-corrected chi connectivity index (χ2v) is 5.37. The molecule has 8 heteroatoms. The van der Waals surface area contributed by atoms with Crippen molar-refractivity contribution in [3.8, 4) is 0 Å². The number of aromatic nitrogens is 2. The van der Waals surface area contributed by atoms with Crippen molar-refractivity contribution in [2.24, 2.45) is 5.73 Å². The first-order valence-electron chi connectivity index (χ1n) is 7.54. The van der Waals surface area contributed by atoms with Gasteiger partial charge in [0, 0.05) is 25.3 Å². The highest BCUT2D eigenvalue weighted by molar-refractivity contribution is 4.88. The Kier molecular flexibility index (Phi) is 6.32. The summed E-state index contributed by atoms with van der Waals surface area (Å²) < 4.78 is 12.4. The summed E-state index contributed by atoms with van der Waals surface area (Å²) in [5, 5.41) is 10.00. The van der Waals surface area contributed by atoms with Crippen LogP contribution in [0.3, 0.4) is 0 Å². The molecular weight excluding hydrogens is 290 g/mol. The van der Waals surface area contributed by atoms with Gasteiger partial charge in [0.1, 0.15) is 12.3 Å². The van der Waals surface area contributed by atoms with Crippen LogP contribution in [0.5, 0.6) is 0 Å². The van der Waals surface area contributed by atoms with Gasteiger partial charge < -0.3 is 20.3 Å². The lowest BCUT2D eigenvalue weighted by Crippen LogP contribution is -2.31. The maximum Gasteiger partial charge on any atom is 0.330 e. The molecule has 1 aliphatic heterocycles. The summed E-state index contributed by atoms with van der Waals surface area (Å²) in [7, 11) is 0. The molecule has 1 fully saturated rings. The first-order valence-corrected chi connectivity index (χ1v) is 7.54. The van der Waals surface area contributed by atoms with E-state index in [1.807, 2.05) is 0 Å². The minimum atomic E-state index is -0.701. The van der Waals surface area contributed by atoms with Gasteiger partial charge in [0.25, 0.3) is 5.56 Å². The monoisotopic (exact) mass is 313 g/mol. The summed E-state index contributed by atoms with van der Waals surface area (Å²) in [6.07, 6.45) is 2.80. The molecule has 0 saturated carbocycles. The quantitative estimate of drug-likeness (QED) is 0.548. The number of hydrogen-bond acceptors (Lipinski definition) is 6. The Bertz CT molecular complexity index is 570. The SMILES string of the molecule is NCCCCCOC[C@H]1O[C@@H](n2ccc(=O)[nH]c2=O)C[C@@H]1O. The molecule has 0 bridgehead atoms. The molecule has 0 amide bonds. The summed E-state index contributed by atoms with van der Waals surface area (Å²) in [4.78, 5) is 24.9. The van der Waals surface area contributed by atoms with Crippen LogP contribution in [0.2, 0.25) is 0 Å². The van der Waals surface area contributed by atoms with Crippen molar-refractivity contribution in [3.63, 3.8) is 0 Å². The highest BCUT2D eigenvalue weighted by Gasteiger charge is 2.35. The van der Waals surface area contributed by atoms with Gasteiger partial charge in [-0.3, -0.25) is 14.3 Å². The van der Waals surface area contributed by atoms with Crippen LogP contribution in [0.4, 0.5) is 0 Å². The number of hydrogen-bond donors (Lipinski definition) is 3. The number of nitrogens with zero attached hydrogens (tertiary/aromatic N) is 1. The third-order valence-corrected chi connectivity index (χ3v) is 3.64. The minimum Gasteiger partial charge on any atom is -0.390 e. The van der Waals surface area contributed by atoms with Gasteiger partial charge in [0.05, 0.1) is 12.7 Å². The van der Waals surface area contributed by atoms with E-state index in [-0.39, 0.29) is 13.0 Å². The van der Waals surface area contributed by atoms with Crippen LogP contribution in [-0.4, -0.2) is 46.6 Å². The molecular formula is C14H23N3O5. The van der Waals surface area contributed by atoms with E-state index in [0.717, 1.165) is 19.3 Å². The molecule has 4 N–H and O–H groups in total. The largest absolute Gasteiger partial charge is 0.390 e. The van der Waals surface area contributed by atoms with Gasteiger partial charge in [-0.2, -0.15) is 0 Å². The number of aliphatic hydroxyl groups is 1. The van der Waals surface area contributed by atoms with Crippen molar-refractivity contribution in [2.75, 3.05) is 19.8 Å². The lowest BCUT2D eigenvalue weighted by Gasteiger charge is -2.16. The van der Waals surface area contributed by atoms with Crippen LogP contribution in [0.1, 0.15) is 31.9 Å². The molecule has 0 spiro atoms. The molecule has 1 aliphatic rings. The van der Waals surface area contributed by atoms with E-state index in [9.17, 15) is 14.7 Å². The van der Waals surface area contributed by atoms with E-state index in [0.29, 0.717) is 13.2 Å². The smallest absolute Gasteiger partial charge is 0.330 e. The zero-order chi connectivity index (χ0) is 15.9. The summed E-state index contributed by atoms with van der Waals surface area (Å²) >= 11 is 0. The second-order valence-electron chi connectivity index (χ2n) is 5.37. The van der Waals surface area contributed by atoms with Gasteiger partial charge in [-0.1, -0.05) is 0 Å². The molecule has 0 unspecified atom stereocenters. The molecule has 1 saturated heterocycles. The highest BCUT2D eigenvalue weighted by atomic mass is 16.6. The van der Waals surface area contributed by atoms with Gasteiger partial charge in [0.2, 0.25) is 0 Å². The lowest BCUT2D eigenvalue weighted by molar-refractivity contribution is -0.0638. The number of nitrogens with two attached hydrogens (primary N) is 1. The summed E-state index contributed by atoms with van der Waals surface area (Å²) in [6.45, 7) is 1.55. The predicted octanol–water partition coefficient (Wildman–Crippen LogP) is -0.669. The van der Waals surface area contributed by atoms with E-state index >= 15 is 0 Å². The molecule has 0 aromatic carbocycles. The van der Waals surface area contributed by atoms with Gasteiger partial charge in [-0.05, 0) is 25.8 Å². The molecule has 3 atom stereocenters. The first-order chi connectivity index (χ1) is 10.6. The Balaban J connectivity index is 1.81. The van der Waals surface area contributed by atoms with Crippen molar-refractivity contribution in [3.05, 3.63) is 33.1 Å². The van der Waals surface area contributed by atoms with Gasteiger partial charge in [-0.25, -0.2) is 4.79 Å². The van der Waals surface area contributed by atoms with Crippen molar-refractivity contribution < 1.29 is 14.6 Å². The summed E-state index contributed by atoms with van der Waals surface area (Å²) in [5.74, 6) is 0.